The third-order valence-electron chi connectivity index (χ3n) is 2.23. The Bertz CT molecular complexity index is 293. The fraction of sp³-hybridized carbons (Fsp3) is 0.636. The summed E-state index contributed by atoms with van der Waals surface area (Å²) in [5, 5.41) is 8.83. The van der Waals surface area contributed by atoms with Gasteiger partial charge in [-0.3, -0.25) is 0 Å². The first-order chi connectivity index (χ1) is 7.72. The van der Waals surface area contributed by atoms with Gasteiger partial charge in [0, 0.05) is 48.0 Å². The van der Waals surface area contributed by atoms with E-state index in [0.717, 1.165) is 26.2 Å². The average molecular weight is 307 g/mol. The number of thiophene rings is 1. The summed E-state index contributed by atoms with van der Waals surface area (Å²) in [5.74, 6) is 0. The van der Waals surface area contributed by atoms with Crippen molar-refractivity contribution >= 4 is 27.3 Å². The Morgan fingerprint density at radius 1 is 1.44 bits per heavy atom. The van der Waals surface area contributed by atoms with Crippen LogP contribution in [0.5, 0.6) is 0 Å². The van der Waals surface area contributed by atoms with Gasteiger partial charge in [-0.05, 0) is 28.9 Å². The zero-order valence-corrected chi connectivity index (χ0v) is 12.2. The molecule has 2 N–H and O–H groups in total. The van der Waals surface area contributed by atoms with Gasteiger partial charge in [0.1, 0.15) is 0 Å². The lowest BCUT2D eigenvalue weighted by atomic mass is 10.4. The minimum absolute atomic E-state index is 0.285. The molecule has 0 aromatic carbocycles. The van der Waals surface area contributed by atoms with Gasteiger partial charge in [-0.1, -0.05) is 0 Å². The summed E-state index contributed by atoms with van der Waals surface area (Å²) in [7, 11) is 1.74. The highest BCUT2D eigenvalue weighted by Crippen LogP contribution is 2.19. The van der Waals surface area contributed by atoms with Gasteiger partial charge in [-0.25, -0.2) is 0 Å². The lowest BCUT2D eigenvalue weighted by molar-refractivity contribution is 0.117. The molecule has 92 valence electrons. The van der Waals surface area contributed by atoms with Crippen molar-refractivity contribution in [2.45, 2.75) is 19.6 Å². The van der Waals surface area contributed by atoms with Crippen LogP contribution in [0, 0.1) is 0 Å². The first-order valence-electron chi connectivity index (χ1n) is 5.39. The van der Waals surface area contributed by atoms with Crippen molar-refractivity contribution < 1.29 is 4.74 Å². The molecule has 0 aliphatic rings. The molecule has 0 aliphatic heterocycles. The van der Waals surface area contributed by atoms with Gasteiger partial charge in [0.2, 0.25) is 0 Å². The molecule has 0 spiro atoms. The maximum absolute atomic E-state index is 5.14. The minimum Gasteiger partial charge on any atom is -0.380 e. The van der Waals surface area contributed by atoms with Crippen molar-refractivity contribution in [1.29, 1.82) is 0 Å². The first kappa shape index (κ1) is 14.1. The smallest absolute Gasteiger partial charge is 0.0667 e. The molecule has 0 radical (unpaired) electrons. The number of rotatable bonds is 8. The number of ether oxygens (including phenoxy) is 1. The van der Waals surface area contributed by atoms with Crippen molar-refractivity contribution in [2.75, 3.05) is 26.7 Å². The molecule has 0 bridgehead atoms. The molecular weight excluding hydrogens is 288 g/mol. The fourth-order valence-electron chi connectivity index (χ4n) is 1.22. The van der Waals surface area contributed by atoms with Crippen LogP contribution in [-0.4, -0.2) is 32.8 Å². The van der Waals surface area contributed by atoms with E-state index in [0.29, 0.717) is 0 Å². The van der Waals surface area contributed by atoms with Gasteiger partial charge in [0.05, 0.1) is 6.10 Å². The summed E-state index contributed by atoms with van der Waals surface area (Å²) in [4.78, 5) is 1.36. The molecule has 1 aromatic heterocycles. The van der Waals surface area contributed by atoms with Crippen molar-refractivity contribution in [3.8, 4) is 0 Å². The van der Waals surface area contributed by atoms with Crippen molar-refractivity contribution in [3.63, 3.8) is 0 Å². The summed E-state index contributed by atoms with van der Waals surface area (Å²) < 4.78 is 6.31. The van der Waals surface area contributed by atoms with Gasteiger partial charge in [-0.15, -0.1) is 11.3 Å². The SMILES string of the molecule is COC(C)CNCCNCc1cc(Br)cs1. The van der Waals surface area contributed by atoms with E-state index < -0.39 is 0 Å². The van der Waals surface area contributed by atoms with Crippen LogP contribution < -0.4 is 10.6 Å². The lowest BCUT2D eigenvalue weighted by Gasteiger charge is -2.10. The molecule has 0 fully saturated rings. The fourth-order valence-corrected chi connectivity index (χ4v) is 2.64. The summed E-state index contributed by atoms with van der Waals surface area (Å²) in [6, 6.07) is 2.15. The summed E-state index contributed by atoms with van der Waals surface area (Å²) in [6.07, 6.45) is 0.285. The van der Waals surface area contributed by atoms with E-state index in [1.165, 1.54) is 9.35 Å². The van der Waals surface area contributed by atoms with E-state index in [9.17, 15) is 0 Å². The van der Waals surface area contributed by atoms with Crippen LogP contribution >= 0.6 is 27.3 Å². The van der Waals surface area contributed by atoms with Crippen LogP contribution in [0.3, 0.4) is 0 Å². The van der Waals surface area contributed by atoms with E-state index in [1.54, 1.807) is 18.4 Å². The average Bonchev–Trinajstić information content (AvgIpc) is 2.69. The Hall–Kier alpha value is 0.0600. The van der Waals surface area contributed by atoms with E-state index in [4.69, 9.17) is 4.74 Å². The second kappa shape index (κ2) is 8.20. The molecule has 1 aromatic rings. The highest BCUT2D eigenvalue weighted by atomic mass is 79.9. The summed E-state index contributed by atoms with van der Waals surface area (Å²) >= 11 is 5.22. The zero-order valence-electron chi connectivity index (χ0n) is 9.75. The quantitative estimate of drug-likeness (QED) is 0.723. The topological polar surface area (TPSA) is 33.3 Å². The first-order valence-corrected chi connectivity index (χ1v) is 7.06. The molecule has 1 heterocycles. The normalized spacial score (nSPS) is 12.9. The Morgan fingerprint density at radius 2 is 2.19 bits per heavy atom. The number of nitrogens with one attached hydrogen (secondary N) is 2. The van der Waals surface area contributed by atoms with Gasteiger partial charge in [0.25, 0.3) is 0 Å². The second-order valence-electron chi connectivity index (χ2n) is 3.66. The van der Waals surface area contributed by atoms with Gasteiger partial charge < -0.3 is 15.4 Å². The maximum atomic E-state index is 5.14. The van der Waals surface area contributed by atoms with E-state index in [2.05, 4.69) is 44.9 Å². The zero-order chi connectivity index (χ0) is 11.8. The maximum Gasteiger partial charge on any atom is 0.0667 e. The molecular formula is C11H19BrN2OS. The summed E-state index contributed by atoms with van der Waals surface area (Å²) in [6.45, 7) is 5.86. The molecule has 0 amide bonds. The highest BCUT2D eigenvalue weighted by molar-refractivity contribution is 9.10. The molecule has 1 rings (SSSR count). The molecule has 1 unspecified atom stereocenters. The van der Waals surface area contributed by atoms with Crippen LogP contribution in [0.2, 0.25) is 0 Å². The molecule has 0 saturated heterocycles. The minimum atomic E-state index is 0.285. The van der Waals surface area contributed by atoms with Crippen molar-refractivity contribution in [3.05, 3.63) is 20.8 Å². The van der Waals surface area contributed by atoms with Crippen molar-refractivity contribution in [2.24, 2.45) is 0 Å². The molecule has 5 heteroatoms. The predicted molar refractivity (Wildman–Crippen MR) is 73.1 cm³/mol. The van der Waals surface area contributed by atoms with Crippen LogP contribution in [0.25, 0.3) is 0 Å². The van der Waals surface area contributed by atoms with E-state index in [-0.39, 0.29) is 6.10 Å². The number of hydrogen-bond donors (Lipinski definition) is 2. The van der Waals surface area contributed by atoms with Crippen molar-refractivity contribution in [1.82, 2.24) is 10.6 Å². The number of halogens is 1. The van der Waals surface area contributed by atoms with Crippen LogP contribution in [0.4, 0.5) is 0 Å². The number of hydrogen-bond acceptors (Lipinski definition) is 4. The highest BCUT2D eigenvalue weighted by Gasteiger charge is 1.98. The third kappa shape index (κ3) is 5.96. The van der Waals surface area contributed by atoms with Crippen LogP contribution in [0.1, 0.15) is 11.8 Å². The van der Waals surface area contributed by atoms with Gasteiger partial charge in [0.15, 0.2) is 0 Å². The Morgan fingerprint density at radius 3 is 2.81 bits per heavy atom. The largest absolute Gasteiger partial charge is 0.380 e. The molecule has 16 heavy (non-hydrogen) atoms. The monoisotopic (exact) mass is 306 g/mol. The summed E-state index contributed by atoms with van der Waals surface area (Å²) in [5.41, 5.74) is 0. The Balaban J connectivity index is 1.96. The van der Waals surface area contributed by atoms with E-state index >= 15 is 0 Å². The second-order valence-corrected chi connectivity index (χ2v) is 5.57. The predicted octanol–water partition coefficient (Wildman–Crippen LogP) is 2.22. The Kier molecular flexibility index (Phi) is 7.23. The van der Waals surface area contributed by atoms with Gasteiger partial charge >= 0.3 is 0 Å². The van der Waals surface area contributed by atoms with Crippen LogP contribution in [0.15, 0.2) is 15.9 Å². The molecule has 0 saturated carbocycles. The molecule has 0 aliphatic carbocycles. The van der Waals surface area contributed by atoms with Crippen LogP contribution in [-0.2, 0) is 11.3 Å². The standard InChI is InChI=1S/C11H19BrN2OS/c1-9(15-2)6-13-3-4-14-7-11-5-10(12)8-16-11/h5,8-9,13-14H,3-4,6-7H2,1-2H3. The van der Waals surface area contributed by atoms with Gasteiger partial charge in [-0.2, -0.15) is 0 Å². The van der Waals surface area contributed by atoms with E-state index in [1.807, 2.05) is 0 Å². The molecule has 1 atom stereocenters. The third-order valence-corrected chi connectivity index (χ3v) is 3.93. The number of methoxy groups -OCH3 is 1. The Labute approximate surface area is 110 Å². The lowest BCUT2D eigenvalue weighted by Crippen LogP contribution is -2.32. The molecule has 3 nitrogen and oxygen atoms in total.